The second-order valence-corrected chi connectivity index (χ2v) is 5.61. The number of carbonyl (C=O) groups excluding carboxylic acids is 1. The van der Waals surface area contributed by atoms with Crippen LogP contribution in [0.4, 0.5) is 19.3 Å². The molecule has 0 bridgehead atoms. The molecule has 0 aliphatic carbocycles. The fourth-order valence-electron chi connectivity index (χ4n) is 2.91. The van der Waals surface area contributed by atoms with E-state index in [1.54, 1.807) is 7.11 Å². The second-order valence-electron chi connectivity index (χ2n) is 5.61. The first-order valence-electron chi connectivity index (χ1n) is 7.71. The molecule has 1 unspecified atom stereocenters. The molecular formula is C18H18F2N2O2. The summed E-state index contributed by atoms with van der Waals surface area (Å²) < 4.78 is 32.6. The molecular weight excluding hydrogens is 314 g/mol. The van der Waals surface area contributed by atoms with Crippen LogP contribution in [0.15, 0.2) is 42.5 Å². The van der Waals surface area contributed by atoms with Gasteiger partial charge in [-0.25, -0.2) is 13.6 Å². The minimum Gasteiger partial charge on any atom is -0.375 e. The molecule has 126 valence electrons. The van der Waals surface area contributed by atoms with Crippen molar-refractivity contribution in [1.29, 1.82) is 0 Å². The lowest BCUT2D eigenvalue weighted by Gasteiger charge is -2.21. The van der Waals surface area contributed by atoms with Gasteiger partial charge in [-0.2, -0.15) is 0 Å². The largest absolute Gasteiger partial charge is 0.375 e. The summed E-state index contributed by atoms with van der Waals surface area (Å²) in [6, 6.07) is 11.2. The Labute approximate surface area is 139 Å². The third kappa shape index (κ3) is 3.23. The van der Waals surface area contributed by atoms with Crippen LogP contribution in [0.25, 0.3) is 0 Å². The number of carbonyl (C=O) groups is 1. The van der Waals surface area contributed by atoms with Gasteiger partial charge in [-0.3, -0.25) is 4.90 Å². The van der Waals surface area contributed by atoms with Crippen molar-refractivity contribution in [3.05, 3.63) is 65.2 Å². The van der Waals surface area contributed by atoms with Gasteiger partial charge in [-0.1, -0.05) is 30.3 Å². The summed E-state index contributed by atoms with van der Waals surface area (Å²) in [7, 11) is 1.57. The molecule has 0 spiro atoms. The molecule has 2 aromatic carbocycles. The number of hydrogen-bond donors (Lipinski definition) is 1. The molecule has 3 rings (SSSR count). The predicted molar refractivity (Wildman–Crippen MR) is 87.0 cm³/mol. The Kier molecular flexibility index (Phi) is 4.76. The SMILES string of the molecule is COC(CNC(=O)N1CCc2c(F)cc(F)cc21)c1ccccc1. The summed E-state index contributed by atoms with van der Waals surface area (Å²) in [6.07, 6.45) is 0.0859. The van der Waals surface area contributed by atoms with Gasteiger partial charge in [-0.15, -0.1) is 0 Å². The van der Waals surface area contributed by atoms with Gasteiger partial charge in [0.25, 0.3) is 0 Å². The van der Waals surface area contributed by atoms with Crippen LogP contribution in [-0.4, -0.2) is 26.2 Å². The summed E-state index contributed by atoms with van der Waals surface area (Å²) in [4.78, 5) is 13.8. The van der Waals surface area contributed by atoms with E-state index in [1.165, 1.54) is 11.0 Å². The molecule has 2 aromatic rings. The van der Waals surface area contributed by atoms with E-state index in [0.29, 0.717) is 24.2 Å². The van der Waals surface area contributed by atoms with E-state index in [4.69, 9.17) is 4.74 Å². The minimum atomic E-state index is -0.690. The summed E-state index contributed by atoms with van der Waals surface area (Å²) in [5.74, 6) is -1.30. The molecule has 1 aliphatic heterocycles. The fourth-order valence-corrected chi connectivity index (χ4v) is 2.91. The average Bonchev–Trinajstić information content (AvgIpc) is 3.00. The highest BCUT2D eigenvalue weighted by Crippen LogP contribution is 2.31. The molecule has 0 saturated carbocycles. The number of fused-ring (bicyclic) bond motifs is 1. The van der Waals surface area contributed by atoms with Crippen molar-refractivity contribution in [3.63, 3.8) is 0 Å². The monoisotopic (exact) mass is 332 g/mol. The third-order valence-corrected chi connectivity index (χ3v) is 4.15. The molecule has 0 radical (unpaired) electrons. The van der Waals surface area contributed by atoms with Gasteiger partial charge in [0.05, 0.1) is 11.8 Å². The van der Waals surface area contributed by atoms with Crippen LogP contribution in [0.5, 0.6) is 0 Å². The van der Waals surface area contributed by atoms with Crippen molar-refractivity contribution in [2.75, 3.05) is 25.1 Å². The number of methoxy groups -OCH3 is 1. The van der Waals surface area contributed by atoms with Gasteiger partial charge in [0.1, 0.15) is 11.6 Å². The Morgan fingerprint density at radius 3 is 2.75 bits per heavy atom. The number of ether oxygens (including phenoxy) is 1. The van der Waals surface area contributed by atoms with Crippen LogP contribution in [-0.2, 0) is 11.2 Å². The Morgan fingerprint density at radius 2 is 2.04 bits per heavy atom. The number of anilines is 1. The number of benzene rings is 2. The molecule has 1 heterocycles. The van der Waals surface area contributed by atoms with E-state index in [2.05, 4.69) is 5.32 Å². The Bertz CT molecular complexity index is 737. The molecule has 2 amide bonds. The number of hydrogen-bond acceptors (Lipinski definition) is 2. The van der Waals surface area contributed by atoms with E-state index in [1.807, 2.05) is 30.3 Å². The van der Waals surface area contributed by atoms with Gasteiger partial charge in [0, 0.05) is 31.8 Å². The molecule has 0 saturated heterocycles. The predicted octanol–water partition coefficient (Wildman–Crippen LogP) is 3.42. The first kappa shape index (κ1) is 16.4. The Morgan fingerprint density at radius 1 is 1.29 bits per heavy atom. The van der Waals surface area contributed by atoms with Gasteiger partial charge in [0.2, 0.25) is 0 Å². The van der Waals surface area contributed by atoms with E-state index in [0.717, 1.165) is 11.6 Å². The maximum Gasteiger partial charge on any atom is 0.321 e. The lowest BCUT2D eigenvalue weighted by Crippen LogP contribution is -2.41. The summed E-state index contributed by atoms with van der Waals surface area (Å²) in [6.45, 7) is 0.591. The highest BCUT2D eigenvalue weighted by Gasteiger charge is 2.28. The molecule has 0 aromatic heterocycles. The lowest BCUT2D eigenvalue weighted by molar-refractivity contribution is 0.104. The summed E-state index contributed by atoms with van der Waals surface area (Å²) in [5.41, 5.74) is 1.61. The first-order chi connectivity index (χ1) is 11.6. The Balaban J connectivity index is 1.69. The topological polar surface area (TPSA) is 41.6 Å². The van der Waals surface area contributed by atoms with Gasteiger partial charge < -0.3 is 10.1 Å². The molecule has 1 N–H and O–H groups in total. The fraction of sp³-hybridized carbons (Fsp3) is 0.278. The van der Waals surface area contributed by atoms with Crippen molar-refractivity contribution in [2.24, 2.45) is 0 Å². The number of urea groups is 1. The van der Waals surface area contributed by atoms with Crippen molar-refractivity contribution < 1.29 is 18.3 Å². The van der Waals surface area contributed by atoms with Crippen molar-refractivity contribution in [2.45, 2.75) is 12.5 Å². The van der Waals surface area contributed by atoms with Crippen LogP contribution < -0.4 is 10.2 Å². The van der Waals surface area contributed by atoms with Crippen molar-refractivity contribution in [3.8, 4) is 0 Å². The van der Waals surface area contributed by atoms with Crippen LogP contribution in [0.2, 0.25) is 0 Å². The zero-order chi connectivity index (χ0) is 17.1. The molecule has 1 atom stereocenters. The number of nitrogens with one attached hydrogen (secondary N) is 1. The van der Waals surface area contributed by atoms with Crippen LogP contribution in [0.3, 0.4) is 0 Å². The average molecular weight is 332 g/mol. The van der Waals surface area contributed by atoms with Crippen LogP contribution >= 0.6 is 0 Å². The molecule has 4 nitrogen and oxygen atoms in total. The van der Waals surface area contributed by atoms with Crippen LogP contribution in [0.1, 0.15) is 17.2 Å². The van der Waals surface area contributed by atoms with E-state index < -0.39 is 17.7 Å². The van der Waals surface area contributed by atoms with Gasteiger partial charge in [0.15, 0.2) is 0 Å². The highest BCUT2D eigenvalue weighted by atomic mass is 19.1. The normalized spacial score (nSPS) is 14.4. The number of rotatable bonds is 4. The zero-order valence-corrected chi connectivity index (χ0v) is 13.3. The standard InChI is InChI=1S/C18H18F2N2O2/c1-24-17(12-5-3-2-4-6-12)11-21-18(23)22-8-7-14-15(20)9-13(19)10-16(14)22/h2-6,9-10,17H,7-8,11H2,1H3,(H,21,23). The van der Waals surface area contributed by atoms with Gasteiger partial charge >= 0.3 is 6.03 Å². The van der Waals surface area contributed by atoms with Gasteiger partial charge in [-0.05, 0) is 18.1 Å². The first-order valence-corrected chi connectivity index (χ1v) is 7.71. The maximum absolute atomic E-state index is 13.8. The third-order valence-electron chi connectivity index (χ3n) is 4.15. The van der Waals surface area contributed by atoms with Crippen molar-refractivity contribution >= 4 is 11.7 Å². The molecule has 0 fully saturated rings. The molecule has 6 heteroatoms. The maximum atomic E-state index is 13.8. The van der Waals surface area contributed by atoms with Crippen LogP contribution in [0, 0.1) is 11.6 Å². The lowest BCUT2D eigenvalue weighted by atomic mass is 10.1. The quantitative estimate of drug-likeness (QED) is 0.932. The molecule has 1 aliphatic rings. The summed E-state index contributed by atoms with van der Waals surface area (Å²) in [5, 5.41) is 2.77. The van der Waals surface area contributed by atoms with E-state index in [9.17, 15) is 13.6 Å². The number of amides is 2. The van der Waals surface area contributed by atoms with E-state index >= 15 is 0 Å². The van der Waals surface area contributed by atoms with Crippen molar-refractivity contribution in [1.82, 2.24) is 5.32 Å². The molecule has 24 heavy (non-hydrogen) atoms. The van der Waals surface area contributed by atoms with E-state index in [-0.39, 0.29) is 12.6 Å². The number of nitrogens with zero attached hydrogens (tertiary/aromatic N) is 1. The minimum absolute atomic E-state index is 0.267. The smallest absolute Gasteiger partial charge is 0.321 e. The highest BCUT2D eigenvalue weighted by molar-refractivity contribution is 5.94. The Hall–Kier alpha value is -2.47. The summed E-state index contributed by atoms with van der Waals surface area (Å²) >= 11 is 0. The number of halogens is 2. The zero-order valence-electron chi connectivity index (χ0n) is 13.3. The second kappa shape index (κ2) is 6.97.